The molecule has 0 atom stereocenters. The van der Waals surface area contributed by atoms with Crippen LogP contribution >= 0.6 is 11.8 Å². The molecule has 0 aliphatic rings. The van der Waals surface area contributed by atoms with Crippen LogP contribution in [-0.4, -0.2) is 35.5 Å². The third-order valence-corrected chi connectivity index (χ3v) is 8.24. The van der Waals surface area contributed by atoms with Gasteiger partial charge < -0.3 is 4.74 Å². The van der Waals surface area contributed by atoms with E-state index in [-0.39, 0.29) is 16.1 Å². The molecule has 0 saturated carbocycles. The van der Waals surface area contributed by atoms with Crippen molar-refractivity contribution in [1.82, 2.24) is 14.8 Å². The highest BCUT2D eigenvalue weighted by atomic mass is 32.2. The van der Waals surface area contributed by atoms with Gasteiger partial charge in [-0.25, -0.2) is 8.42 Å². The molecule has 188 valence electrons. The predicted molar refractivity (Wildman–Crippen MR) is 145 cm³/mol. The van der Waals surface area contributed by atoms with Gasteiger partial charge in [0.2, 0.25) is 0 Å². The van der Waals surface area contributed by atoms with Crippen LogP contribution in [0.5, 0.6) is 5.75 Å². The second-order valence-electron chi connectivity index (χ2n) is 9.61. The summed E-state index contributed by atoms with van der Waals surface area (Å²) in [6.07, 6.45) is 0. The Kier molecular flexibility index (Phi) is 7.85. The van der Waals surface area contributed by atoms with Crippen LogP contribution < -0.4 is 4.74 Å². The number of hydrogen-bond acceptors (Lipinski definition) is 6. The molecule has 1 aromatic heterocycles. The first-order valence-electron chi connectivity index (χ1n) is 11.8. The highest BCUT2D eigenvalue weighted by Gasteiger charge is 2.22. The van der Waals surface area contributed by atoms with Crippen molar-refractivity contribution in [2.24, 2.45) is 0 Å². The standard InChI is InChI=1S/C28H31N3O3S2/c1-21-10-16-25(17-11-21)36(32,33)20-26-29-30-27(31(26)23-8-6-5-7-9-23)35-19-18-34-24-14-12-22(13-15-24)28(2,3)4/h5-17H,18-20H2,1-4H3. The van der Waals surface area contributed by atoms with Crippen molar-refractivity contribution in [1.29, 1.82) is 0 Å². The smallest absolute Gasteiger partial charge is 0.195 e. The fourth-order valence-electron chi connectivity index (χ4n) is 3.67. The lowest BCUT2D eigenvalue weighted by Gasteiger charge is -2.19. The molecular weight excluding hydrogens is 490 g/mol. The highest BCUT2D eigenvalue weighted by Crippen LogP contribution is 2.26. The molecule has 0 amide bonds. The minimum Gasteiger partial charge on any atom is -0.493 e. The first-order valence-corrected chi connectivity index (χ1v) is 14.4. The van der Waals surface area contributed by atoms with Crippen LogP contribution in [0.25, 0.3) is 5.69 Å². The molecule has 0 N–H and O–H groups in total. The van der Waals surface area contributed by atoms with E-state index in [1.807, 2.05) is 54.0 Å². The third-order valence-electron chi connectivity index (χ3n) is 5.72. The summed E-state index contributed by atoms with van der Waals surface area (Å²) in [4.78, 5) is 0.274. The quantitative estimate of drug-likeness (QED) is 0.198. The van der Waals surface area contributed by atoms with E-state index in [1.54, 1.807) is 24.3 Å². The average molecular weight is 522 g/mol. The summed E-state index contributed by atoms with van der Waals surface area (Å²) in [5, 5.41) is 9.21. The molecule has 36 heavy (non-hydrogen) atoms. The molecule has 0 aliphatic heterocycles. The number of benzene rings is 3. The van der Waals surface area contributed by atoms with Crippen molar-refractivity contribution in [3.8, 4) is 11.4 Å². The van der Waals surface area contributed by atoms with Crippen molar-refractivity contribution in [3.63, 3.8) is 0 Å². The first kappa shape index (κ1) is 26.0. The molecule has 0 bridgehead atoms. The number of thioether (sulfide) groups is 1. The summed E-state index contributed by atoms with van der Waals surface area (Å²) in [6, 6.07) is 24.6. The second-order valence-corrected chi connectivity index (χ2v) is 12.7. The van der Waals surface area contributed by atoms with Crippen LogP contribution in [0.4, 0.5) is 0 Å². The van der Waals surface area contributed by atoms with Gasteiger partial charge in [-0.05, 0) is 54.3 Å². The zero-order chi connectivity index (χ0) is 25.8. The van der Waals surface area contributed by atoms with E-state index < -0.39 is 9.84 Å². The highest BCUT2D eigenvalue weighted by molar-refractivity contribution is 7.99. The molecule has 8 heteroatoms. The van der Waals surface area contributed by atoms with E-state index in [1.165, 1.54) is 17.3 Å². The molecule has 1 heterocycles. The Morgan fingerprint density at radius 3 is 2.19 bits per heavy atom. The second kappa shape index (κ2) is 10.9. The van der Waals surface area contributed by atoms with Crippen molar-refractivity contribution >= 4 is 21.6 Å². The molecule has 3 aromatic carbocycles. The van der Waals surface area contributed by atoms with Crippen molar-refractivity contribution in [2.45, 2.75) is 48.9 Å². The number of para-hydroxylation sites is 1. The van der Waals surface area contributed by atoms with Gasteiger partial charge >= 0.3 is 0 Å². The maximum absolute atomic E-state index is 13.1. The van der Waals surface area contributed by atoms with Gasteiger partial charge in [0.15, 0.2) is 20.8 Å². The predicted octanol–water partition coefficient (Wildman–Crippen LogP) is 6.02. The van der Waals surface area contributed by atoms with Gasteiger partial charge in [0.1, 0.15) is 11.5 Å². The Labute approximate surface area is 217 Å². The minimum absolute atomic E-state index is 0.0978. The number of ether oxygens (including phenoxy) is 1. The van der Waals surface area contributed by atoms with Crippen LogP contribution in [0.1, 0.15) is 37.7 Å². The van der Waals surface area contributed by atoms with Gasteiger partial charge in [-0.15, -0.1) is 10.2 Å². The van der Waals surface area contributed by atoms with Gasteiger partial charge in [0.25, 0.3) is 0 Å². The summed E-state index contributed by atoms with van der Waals surface area (Å²) in [5.74, 6) is 1.59. The molecule has 4 aromatic rings. The summed E-state index contributed by atoms with van der Waals surface area (Å²) < 4.78 is 33.9. The number of nitrogens with zero attached hydrogens (tertiary/aromatic N) is 3. The maximum Gasteiger partial charge on any atom is 0.195 e. The van der Waals surface area contributed by atoms with Crippen LogP contribution in [0.3, 0.4) is 0 Å². The van der Waals surface area contributed by atoms with Crippen LogP contribution in [-0.2, 0) is 21.0 Å². The summed E-state index contributed by atoms with van der Waals surface area (Å²) in [7, 11) is -3.58. The molecule has 0 radical (unpaired) electrons. The molecule has 0 spiro atoms. The van der Waals surface area contributed by atoms with Crippen molar-refractivity contribution < 1.29 is 13.2 Å². The third kappa shape index (κ3) is 6.36. The fourth-order valence-corrected chi connectivity index (χ4v) is 5.70. The molecule has 0 aliphatic carbocycles. The van der Waals surface area contributed by atoms with Gasteiger partial charge in [-0.2, -0.15) is 0 Å². The van der Waals surface area contributed by atoms with Crippen LogP contribution in [0.2, 0.25) is 0 Å². The zero-order valence-corrected chi connectivity index (χ0v) is 22.6. The lowest BCUT2D eigenvalue weighted by molar-refractivity contribution is 0.343. The van der Waals surface area contributed by atoms with Crippen LogP contribution in [0.15, 0.2) is 88.9 Å². The van der Waals surface area contributed by atoms with E-state index in [9.17, 15) is 8.42 Å². The zero-order valence-electron chi connectivity index (χ0n) is 21.0. The fraction of sp³-hybridized carbons (Fsp3) is 0.286. The van der Waals surface area contributed by atoms with Gasteiger partial charge in [-0.1, -0.05) is 80.6 Å². The van der Waals surface area contributed by atoms with Crippen LogP contribution in [0, 0.1) is 6.92 Å². The van der Waals surface area contributed by atoms with Gasteiger partial charge in [0.05, 0.1) is 11.5 Å². The van der Waals surface area contributed by atoms with E-state index >= 15 is 0 Å². The topological polar surface area (TPSA) is 74.1 Å². The van der Waals surface area contributed by atoms with Gasteiger partial charge in [-0.3, -0.25) is 4.57 Å². The molecular formula is C28H31N3O3S2. The molecule has 0 saturated heterocycles. The number of sulfone groups is 1. The lowest BCUT2D eigenvalue weighted by Crippen LogP contribution is -2.11. The van der Waals surface area contributed by atoms with Crippen molar-refractivity contribution in [3.05, 3.63) is 95.8 Å². The van der Waals surface area contributed by atoms with E-state index in [0.29, 0.717) is 23.3 Å². The maximum atomic E-state index is 13.1. The Bertz CT molecular complexity index is 1390. The first-order chi connectivity index (χ1) is 17.1. The molecule has 6 nitrogen and oxygen atoms in total. The molecule has 0 fully saturated rings. The Morgan fingerprint density at radius 1 is 0.889 bits per heavy atom. The Balaban J connectivity index is 1.48. The summed E-state index contributed by atoms with van der Waals surface area (Å²) >= 11 is 1.48. The Hall–Kier alpha value is -3.10. The SMILES string of the molecule is Cc1ccc(S(=O)(=O)Cc2nnc(SCCOc3ccc(C(C)(C)C)cc3)n2-c2ccccc2)cc1. The van der Waals surface area contributed by atoms with Gasteiger partial charge in [0, 0.05) is 11.4 Å². The van der Waals surface area contributed by atoms with E-state index in [2.05, 4.69) is 43.1 Å². The monoisotopic (exact) mass is 521 g/mol. The number of aryl methyl sites for hydroxylation is 1. The van der Waals surface area contributed by atoms with E-state index in [4.69, 9.17) is 4.74 Å². The average Bonchev–Trinajstić information content (AvgIpc) is 3.24. The lowest BCUT2D eigenvalue weighted by atomic mass is 9.87. The number of rotatable bonds is 9. The summed E-state index contributed by atoms with van der Waals surface area (Å²) in [5.41, 5.74) is 3.18. The minimum atomic E-state index is -3.58. The van der Waals surface area contributed by atoms with E-state index in [0.717, 1.165) is 17.0 Å². The van der Waals surface area contributed by atoms with Crippen molar-refractivity contribution in [2.75, 3.05) is 12.4 Å². The normalized spacial score (nSPS) is 12.0. The largest absolute Gasteiger partial charge is 0.493 e. The molecule has 0 unspecified atom stereocenters. The Morgan fingerprint density at radius 2 is 1.56 bits per heavy atom. The number of hydrogen-bond donors (Lipinski definition) is 0. The number of aromatic nitrogens is 3. The molecule has 4 rings (SSSR count). The summed E-state index contributed by atoms with van der Waals surface area (Å²) in [6.45, 7) is 8.96.